The zero-order valence-electron chi connectivity index (χ0n) is 12.0. The van der Waals surface area contributed by atoms with Gasteiger partial charge in [0.2, 0.25) is 0 Å². The summed E-state index contributed by atoms with van der Waals surface area (Å²) in [7, 11) is 1.60. The van der Waals surface area contributed by atoms with E-state index in [0.717, 1.165) is 11.9 Å². The molecule has 0 aliphatic rings. The van der Waals surface area contributed by atoms with Gasteiger partial charge in [0.05, 0.1) is 7.11 Å². The van der Waals surface area contributed by atoms with Crippen molar-refractivity contribution in [1.82, 2.24) is 4.40 Å². The van der Waals surface area contributed by atoms with Crippen molar-refractivity contribution in [2.45, 2.75) is 12.8 Å². The lowest BCUT2D eigenvalue weighted by atomic mass is 10.1. The topological polar surface area (TPSA) is 30.7 Å². The molecule has 2 aromatic heterocycles. The second-order valence-corrected chi connectivity index (χ2v) is 4.97. The van der Waals surface area contributed by atoms with Crippen LogP contribution in [0.25, 0.3) is 5.52 Å². The number of carbonyl (C=O) groups excluding carboxylic acids is 1. The summed E-state index contributed by atoms with van der Waals surface area (Å²) in [4.78, 5) is 12.6. The summed E-state index contributed by atoms with van der Waals surface area (Å²) in [5.41, 5.74) is 2.77. The molecule has 0 radical (unpaired) electrons. The second kappa shape index (κ2) is 5.83. The van der Waals surface area contributed by atoms with E-state index in [1.165, 1.54) is 5.56 Å². The van der Waals surface area contributed by atoms with Gasteiger partial charge in [0.1, 0.15) is 11.4 Å². The second-order valence-electron chi connectivity index (χ2n) is 4.97. The monoisotopic (exact) mass is 279 g/mol. The van der Waals surface area contributed by atoms with Gasteiger partial charge in [0.15, 0.2) is 5.78 Å². The number of fused-ring (bicyclic) bond motifs is 1. The van der Waals surface area contributed by atoms with Gasteiger partial charge in [0.25, 0.3) is 0 Å². The molecule has 3 aromatic rings. The third-order valence-corrected chi connectivity index (χ3v) is 3.61. The number of ketones is 1. The quantitative estimate of drug-likeness (QED) is 0.666. The average Bonchev–Trinajstić information content (AvgIpc) is 2.92. The maximum atomic E-state index is 12.6. The minimum Gasteiger partial charge on any atom is -0.494 e. The van der Waals surface area contributed by atoms with E-state index in [1.807, 2.05) is 65.2 Å². The fourth-order valence-electron chi connectivity index (χ4n) is 2.55. The van der Waals surface area contributed by atoms with E-state index in [9.17, 15) is 4.79 Å². The molecule has 0 bridgehead atoms. The van der Waals surface area contributed by atoms with Gasteiger partial charge >= 0.3 is 0 Å². The Morgan fingerprint density at radius 2 is 1.86 bits per heavy atom. The number of carbonyl (C=O) groups is 1. The van der Waals surface area contributed by atoms with E-state index in [1.54, 1.807) is 7.11 Å². The van der Waals surface area contributed by atoms with Gasteiger partial charge < -0.3 is 9.14 Å². The zero-order chi connectivity index (χ0) is 14.7. The van der Waals surface area contributed by atoms with E-state index in [2.05, 4.69) is 0 Å². The van der Waals surface area contributed by atoms with Crippen LogP contribution in [0.2, 0.25) is 0 Å². The van der Waals surface area contributed by atoms with E-state index in [0.29, 0.717) is 17.9 Å². The number of rotatable bonds is 5. The number of hydrogen-bond donors (Lipinski definition) is 0. The van der Waals surface area contributed by atoms with E-state index >= 15 is 0 Å². The molecule has 21 heavy (non-hydrogen) atoms. The minimum atomic E-state index is 0.0990. The van der Waals surface area contributed by atoms with Gasteiger partial charge in [0, 0.05) is 24.2 Å². The molecule has 3 heteroatoms. The van der Waals surface area contributed by atoms with Gasteiger partial charge in [-0.3, -0.25) is 4.79 Å². The van der Waals surface area contributed by atoms with Crippen molar-refractivity contribution in [2.75, 3.05) is 7.11 Å². The molecule has 0 amide bonds. The van der Waals surface area contributed by atoms with Crippen LogP contribution in [0, 0.1) is 0 Å². The number of ether oxygens (including phenoxy) is 1. The van der Waals surface area contributed by atoms with Gasteiger partial charge in [-0.2, -0.15) is 0 Å². The smallest absolute Gasteiger partial charge is 0.183 e. The summed E-state index contributed by atoms with van der Waals surface area (Å²) in [5.74, 6) is 0.737. The number of pyridine rings is 1. The molecule has 1 aromatic carbocycles. The molecule has 0 aliphatic heterocycles. The summed E-state index contributed by atoms with van der Waals surface area (Å²) in [6.45, 7) is 0. The fourth-order valence-corrected chi connectivity index (χ4v) is 2.55. The summed E-state index contributed by atoms with van der Waals surface area (Å²) >= 11 is 0. The molecule has 0 saturated heterocycles. The Morgan fingerprint density at radius 3 is 2.62 bits per heavy atom. The first-order valence-electron chi connectivity index (χ1n) is 7.01. The molecule has 0 aliphatic carbocycles. The minimum absolute atomic E-state index is 0.0990. The SMILES string of the molecule is COc1cc2ccccn2c1C(=O)CCc1ccccc1. The fraction of sp³-hybridized carbons (Fsp3) is 0.167. The maximum Gasteiger partial charge on any atom is 0.183 e. The van der Waals surface area contributed by atoms with Crippen molar-refractivity contribution in [3.05, 3.63) is 72.1 Å². The zero-order valence-corrected chi connectivity index (χ0v) is 12.0. The molecule has 0 unspecified atom stereocenters. The molecule has 2 heterocycles. The highest BCUT2D eigenvalue weighted by Crippen LogP contribution is 2.25. The molecular weight excluding hydrogens is 262 g/mol. The number of hydrogen-bond acceptors (Lipinski definition) is 2. The number of aryl methyl sites for hydroxylation is 1. The lowest BCUT2D eigenvalue weighted by molar-refractivity contribution is 0.0974. The van der Waals surface area contributed by atoms with Crippen LogP contribution in [0.1, 0.15) is 22.5 Å². The Bertz CT molecular complexity index is 759. The van der Waals surface area contributed by atoms with Crippen LogP contribution in [0.4, 0.5) is 0 Å². The van der Waals surface area contributed by atoms with Crippen molar-refractivity contribution < 1.29 is 9.53 Å². The first-order chi connectivity index (χ1) is 10.3. The van der Waals surface area contributed by atoms with Gasteiger partial charge in [-0.25, -0.2) is 0 Å². The summed E-state index contributed by atoms with van der Waals surface area (Å²) < 4.78 is 7.26. The molecule has 0 fully saturated rings. The predicted molar refractivity (Wildman–Crippen MR) is 83.0 cm³/mol. The van der Waals surface area contributed by atoms with E-state index in [4.69, 9.17) is 4.74 Å². The van der Waals surface area contributed by atoms with Crippen LogP contribution in [-0.4, -0.2) is 17.3 Å². The Morgan fingerprint density at radius 1 is 1.10 bits per heavy atom. The Kier molecular flexibility index (Phi) is 3.73. The maximum absolute atomic E-state index is 12.6. The summed E-state index contributed by atoms with van der Waals surface area (Å²) in [6, 6.07) is 17.8. The number of methoxy groups -OCH3 is 1. The van der Waals surface area contributed by atoms with Crippen LogP contribution in [0.15, 0.2) is 60.8 Å². The number of aromatic nitrogens is 1. The third-order valence-electron chi connectivity index (χ3n) is 3.61. The highest BCUT2D eigenvalue weighted by molar-refractivity contribution is 5.98. The van der Waals surface area contributed by atoms with E-state index < -0.39 is 0 Å². The Labute approximate surface area is 123 Å². The van der Waals surface area contributed by atoms with Crippen molar-refractivity contribution in [3.63, 3.8) is 0 Å². The largest absolute Gasteiger partial charge is 0.494 e. The summed E-state index contributed by atoms with van der Waals surface area (Å²) in [5, 5.41) is 0. The Hall–Kier alpha value is -2.55. The van der Waals surface area contributed by atoms with Gasteiger partial charge in [-0.1, -0.05) is 36.4 Å². The molecule has 3 rings (SSSR count). The van der Waals surface area contributed by atoms with Gasteiger partial charge in [-0.05, 0) is 24.1 Å². The lowest BCUT2D eigenvalue weighted by Crippen LogP contribution is -2.06. The Balaban J connectivity index is 1.87. The van der Waals surface area contributed by atoms with Crippen LogP contribution >= 0.6 is 0 Å². The predicted octanol–water partition coefficient (Wildman–Crippen LogP) is 3.76. The van der Waals surface area contributed by atoms with Crippen LogP contribution in [-0.2, 0) is 6.42 Å². The van der Waals surface area contributed by atoms with Crippen molar-refractivity contribution in [2.24, 2.45) is 0 Å². The highest BCUT2D eigenvalue weighted by Gasteiger charge is 2.17. The van der Waals surface area contributed by atoms with Crippen LogP contribution < -0.4 is 4.74 Å². The molecular formula is C18H17NO2. The first kappa shape index (κ1) is 13.4. The lowest BCUT2D eigenvalue weighted by Gasteiger charge is -2.05. The van der Waals surface area contributed by atoms with E-state index in [-0.39, 0.29) is 5.78 Å². The normalized spacial score (nSPS) is 10.7. The third kappa shape index (κ3) is 2.68. The summed E-state index contributed by atoms with van der Waals surface area (Å²) in [6.07, 6.45) is 3.11. The molecule has 0 saturated carbocycles. The van der Waals surface area contributed by atoms with Crippen LogP contribution in [0.5, 0.6) is 5.75 Å². The van der Waals surface area contributed by atoms with Crippen molar-refractivity contribution in [3.8, 4) is 5.75 Å². The van der Waals surface area contributed by atoms with Crippen molar-refractivity contribution in [1.29, 1.82) is 0 Å². The molecule has 3 nitrogen and oxygen atoms in total. The average molecular weight is 279 g/mol. The molecule has 106 valence electrons. The highest BCUT2D eigenvalue weighted by atomic mass is 16.5. The molecule has 0 spiro atoms. The number of Topliss-reactive ketones (excluding diaryl/α,β-unsaturated/α-hetero) is 1. The standard InChI is InChI=1S/C18H17NO2/c1-21-17-13-15-9-5-6-12-19(15)18(17)16(20)11-10-14-7-3-2-4-8-14/h2-9,12-13H,10-11H2,1H3. The molecule has 0 N–H and O–H groups in total. The van der Waals surface area contributed by atoms with Gasteiger partial charge in [-0.15, -0.1) is 0 Å². The first-order valence-corrected chi connectivity index (χ1v) is 7.01. The number of nitrogens with zero attached hydrogens (tertiary/aromatic N) is 1. The van der Waals surface area contributed by atoms with Crippen molar-refractivity contribution >= 4 is 11.3 Å². The molecule has 0 atom stereocenters. The van der Waals surface area contributed by atoms with Crippen LogP contribution in [0.3, 0.4) is 0 Å². The number of benzene rings is 1.